The molecule has 1 heterocycles. The number of hydrogen-bond donors (Lipinski definition) is 1. The number of halogens is 2. The van der Waals surface area contributed by atoms with Crippen LogP contribution in [0, 0.1) is 0 Å². The van der Waals surface area contributed by atoms with Crippen LogP contribution in [-0.2, 0) is 12.5 Å². The van der Waals surface area contributed by atoms with Gasteiger partial charge in [-0.1, -0.05) is 0 Å². The Morgan fingerprint density at radius 1 is 1.50 bits per heavy atom. The largest absolute Gasteiger partial charge is 0.388 e. The summed E-state index contributed by atoms with van der Waals surface area (Å²) in [6.07, 6.45) is 1.71. The van der Waals surface area contributed by atoms with Gasteiger partial charge in [-0.05, 0) is 12.8 Å². The van der Waals surface area contributed by atoms with Crippen molar-refractivity contribution in [3.8, 4) is 0 Å². The molecule has 14 heavy (non-hydrogen) atoms. The SMILES string of the molecule is CC(F)(F)c1nnc(CO)n1C1CC1. The van der Waals surface area contributed by atoms with Gasteiger partial charge in [-0.3, -0.25) is 0 Å². The minimum atomic E-state index is -3.00. The van der Waals surface area contributed by atoms with Crippen LogP contribution in [0.1, 0.15) is 37.5 Å². The first kappa shape index (κ1) is 9.51. The Hall–Kier alpha value is -1.04. The van der Waals surface area contributed by atoms with Crippen LogP contribution in [0.2, 0.25) is 0 Å². The summed E-state index contributed by atoms with van der Waals surface area (Å²) in [5.74, 6) is -3.11. The zero-order chi connectivity index (χ0) is 10.3. The molecule has 1 aromatic rings. The molecule has 1 N–H and O–H groups in total. The Morgan fingerprint density at radius 3 is 2.57 bits per heavy atom. The van der Waals surface area contributed by atoms with Gasteiger partial charge in [0, 0.05) is 13.0 Å². The fourth-order valence-corrected chi connectivity index (χ4v) is 1.45. The molecule has 0 unspecified atom stereocenters. The maximum absolute atomic E-state index is 13.0. The second-order valence-electron chi connectivity index (χ2n) is 3.59. The van der Waals surface area contributed by atoms with E-state index < -0.39 is 5.92 Å². The number of hydrogen-bond acceptors (Lipinski definition) is 3. The van der Waals surface area contributed by atoms with Gasteiger partial charge in [-0.25, -0.2) is 0 Å². The molecular weight excluding hydrogens is 192 g/mol. The van der Waals surface area contributed by atoms with Crippen molar-refractivity contribution in [2.75, 3.05) is 0 Å². The number of aromatic nitrogens is 3. The number of nitrogens with zero attached hydrogens (tertiary/aromatic N) is 3. The van der Waals surface area contributed by atoms with E-state index in [9.17, 15) is 8.78 Å². The van der Waals surface area contributed by atoms with Crippen molar-refractivity contribution < 1.29 is 13.9 Å². The maximum atomic E-state index is 13.0. The molecule has 1 fully saturated rings. The lowest BCUT2D eigenvalue weighted by atomic mass is 10.3. The molecule has 0 bridgehead atoms. The molecule has 0 aliphatic heterocycles. The predicted molar refractivity (Wildman–Crippen MR) is 43.8 cm³/mol. The molecule has 78 valence electrons. The van der Waals surface area contributed by atoms with Crippen molar-refractivity contribution in [3.05, 3.63) is 11.6 Å². The van der Waals surface area contributed by atoms with E-state index in [1.807, 2.05) is 0 Å². The van der Waals surface area contributed by atoms with Crippen molar-refractivity contribution in [3.63, 3.8) is 0 Å². The van der Waals surface area contributed by atoms with Crippen LogP contribution >= 0.6 is 0 Å². The van der Waals surface area contributed by atoms with Crippen molar-refractivity contribution in [2.45, 2.75) is 38.3 Å². The van der Waals surface area contributed by atoms with Gasteiger partial charge in [0.1, 0.15) is 6.61 Å². The quantitative estimate of drug-likeness (QED) is 0.803. The highest BCUT2D eigenvalue weighted by Gasteiger charge is 2.38. The Bertz CT molecular complexity index is 341. The minimum Gasteiger partial charge on any atom is -0.388 e. The van der Waals surface area contributed by atoms with E-state index in [0.717, 1.165) is 19.8 Å². The third kappa shape index (κ3) is 1.50. The highest BCUT2D eigenvalue weighted by Crippen LogP contribution is 2.39. The van der Waals surface area contributed by atoms with E-state index in [1.165, 1.54) is 4.57 Å². The first-order valence-electron chi connectivity index (χ1n) is 4.47. The van der Waals surface area contributed by atoms with Gasteiger partial charge < -0.3 is 9.67 Å². The Morgan fingerprint density at radius 2 is 2.14 bits per heavy atom. The Kier molecular flexibility index (Phi) is 2.02. The molecule has 0 atom stereocenters. The van der Waals surface area contributed by atoms with E-state index in [1.54, 1.807) is 0 Å². The Labute approximate surface area is 79.6 Å². The van der Waals surface area contributed by atoms with E-state index in [2.05, 4.69) is 10.2 Å². The van der Waals surface area contributed by atoms with Gasteiger partial charge >= 0.3 is 5.92 Å². The van der Waals surface area contributed by atoms with E-state index in [-0.39, 0.29) is 24.3 Å². The summed E-state index contributed by atoms with van der Waals surface area (Å²) in [4.78, 5) is 0. The lowest BCUT2D eigenvalue weighted by Crippen LogP contribution is -2.17. The van der Waals surface area contributed by atoms with Crippen LogP contribution < -0.4 is 0 Å². The first-order valence-corrected chi connectivity index (χ1v) is 4.47. The van der Waals surface area contributed by atoms with E-state index >= 15 is 0 Å². The minimum absolute atomic E-state index is 0.0491. The zero-order valence-electron chi connectivity index (χ0n) is 7.74. The lowest BCUT2D eigenvalue weighted by Gasteiger charge is -2.12. The van der Waals surface area contributed by atoms with Crippen LogP contribution in [0.15, 0.2) is 0 Å². The first-order chi connectivity index (χ1) is 6.54. The summed E-state index contributed by atoms with van der Waals surface area (Å²) < 4.78 is 27.5. The molecule has 0 spiro atoms. The predicted octanol–water partition coefficient (Wildman–Crippen LogP) is 1.22. The standard InChI is InChI=1S/C8H11F2N3O/c1-8(9,10)7-12-11-6(4-14)13(7)5-2-3-5/h5,14H,2-4H2,1H3. The van der Waals surface area contributed by atoms with Crippen LogP contribution in [0.4, 0.5) is 8.78 Å². The lowest BCUT2D eigenvalue weighted by molar-refractivity contribution is 0.00326. The molecule has 2 rings (SSSR count). The monoisotopic (exact) mass is 203 g/mol. The van der Waals surface area contributed by atoms with Crippen LogP contribution in [0.3, 0.4) is 0 Å². The summed E-state index contributed by atoms with van der Waals surface area (Å²) >= 11 is 0. The normalized spacial score (nSPS) is 17.4. The molecule has 0 amide bonds. The van der Waals surface area contributed by atoms with Crippen LogP contribution in [0.25, 0.3) is 0 Å². The summed E-state index contributed by atoms with van der Waals surface area (Å²) in [5, 5.41) is 15.9. The van der Waals surface area contributed by atoms with Gasteiger partial charge in [-0.2, -0.15) is 8.78 Å². The number of rotatable bonds is 3. The van der Waals surface area contributed by atoms with Crippen LogP contribution in [0.5, 0.6) is 0 Å². The van der Waals surface area contributed by atoms with Crippen molar-refractivity contribution in [2.24, 2.45) is 0 Å². The number of aliphatic hydroxyl groups is 1. The number of alkyl halides is 2. The topological polar surface area (TPSA) is 50.9 Å². The molecule has 0 saturated heterocycles. The van der Waals surface area contributed by atoms with Crippen LogP contribution in [-0.4, -0.2) is 19.9 Å². The van der Waals surface area contributed by atoms with Gasteiger partial charge in [-0.15, -0.1) is 10.2 Å². The third-order valence-corrected chi connectivity index (χ3v) is 2.21. The summed E-state index contributed by atoms with van der Waals surface area (Å²) in [6.45, 7) is 0.441. The molecular formula is C8H11F2N3O. The maximum Gasteiger partial charge on any atom is 0.304 e. The summed E-state index contributed by atoms with van der Waals surface area (Å²) in [5.41, 5.74) is 0. The smallest absolute Gasteiger partial charge is 0.304 e. The van der Waals surface area contributed by atoms with E-state index in [0.29, 0.717) is 0 Å². The van der Waals surface area contributed by atoms with E-state index in [4.69, 9.17) is 5.11 Å². The average Bonchev–Trinajstić information content (AvgIpc) is 2.82. The molecule has 4 nitrogen and oxygen atoms in total. The fraction of sp³-hybridized carbons (Fsp3) is 0.750. The molecule has 1 aliphatic rings. The average molecular weight is 203 g/mol. The van der Waals surface area contributed by atoms with Crippen molar-refractivity contribution in [1.29, 1.82) is 0 Å². The summed E-state index contributed by atoms with van der Waals surface area (Å²) in [7, 11) is 0. The Balaban J connectivity index is 2.44. The zero-order valence-corrected chi connectivity index (χ0v) is 7.74. The summed E-state index contributed by atoms with van der Waals surface area (Å²) in [6, 6.07) is 0.0491. The second-order valence-corrected chi connectivity index (χ2v) is 3.59. The van der Waals surface area contributed by atoms with Gasteiger partial charge in [0.15, 0.2) is 5.82 Å². The highest BCUT2D eigenvalue weighted by atomic mass is 19.3. The van der Waals surface area contributed by atoms with Crippen molar-refractivity contribution >= 4 is 0 Å². The van der Waals surface area contributed by atoms with Crippen molar-refractivity contribution in [1.82, 2.24) is 14.8 Å². The van der Waals surface area contributed by atoms with Gasteiger partial charge in [0.2, 0.25) is 5.82 Å². The molecule has 0 radical (unpaired) electrons. The van der Waals surface area contributed by atoms with Gasteiger partial charge in [0.05, 0.1) is 0 Å². The molecule has 1 aromatic heterocycles. The second kappa shape index (κ2) is 2.98. The molecule has 1 saturated carbocycles. The molecule has 1 aliphatic carbocycles. The molecule has 6 heteroatoms. The highest BCUT2D eigenvalue weighted by molar-refractivity contribution is 5.06. The third-order valence-electron chi connectivity index (χ3n) is 2.21. The number of aliphatic hydroxyl groups excluding tert-OH is 1. The fourth-order valence-electron chi connectivity index (χ4n) is 1.45. The van der Waals surface area contributed by atoms with Gasteiger partial charge in [0.25, 0.3) is 0 Å². The molecule has 0 aromatic carbocycles.